The fourth-order valence-corrected chi connectivity index (χ4v) is 4.28. The molecule has 1 aliphatic rings. The Morgan fingerprint density at radius 3 is 2.59 bits per heavy atom. The average molecular weight is 418 g/mol. The monoisotopic (exact) mass is 417 g/mol. The van der Waals surface area contributed by atoms with Crippen molar-refractivity contribution in [3.63, 3.8) is 0 Å². The van der Waals surface area contributed by atoms with Crippen LogP contribution in [0.4, 0.5) is 0 Å². The van der Waals surface area contributed by atoms with E-state index in [0.717, 1.165) is 10.1 Å². The number of hydrogen-bond acceptors (Lipinski definition) is 5. The maximum Gasteiger partial charge on any atom is 0.363 e. The Morgan fingerprint density at radius 1 is 1.15 bits per heavy atom. The standard InChI is InChI=1S/C19H9Cl2NO4S/c20-11-5-6-12-14(8-11)27-16(15(12)21)17-22-13(19(25)26-17)7-9-1-3-10(4-2-9)18(23)24/h1-8H,(H,23,24)/b13-7-. The number of carbonyl (C=O) groups is 2. The highest BCUT2D eigenvalue weighted by molar-refractivity contribution is 7.21. The first-order chi connectivity index (χ1) is 12.9. The van der Waals surface area contributed by atoms with Gasteiger partial charge in [0.05, 0.1) is 10.6 Å². The third-order valence-corrected chi connectivity index (χ3v) is 5.75. The van der Waals surface area contributed by atoms with Gasteiger partial charge in [-0.25, -0.2) is 14.6 Å². The van der Waals surface area contributed by atoms with E-state index in [1.54, 1.807) is 30.3 Å². The Morgan fingerprint density at radius 2 is 1.89 bits per heavy atom. The van der Waals surface area contributed by atoms with Gasteiger partial charge in [-0.3, -0.25) is 0 Å². The number of hydrogen-bond donors (Lipinski definition) is 1. The lowest BCUT2D eigenvalue weighted by Gasteiger charge is -1.96. The molecule has 0 spiro atoms. The Kier molecular flexibility index (Phi) is 4.47. The second kappa shape index (κ2) is 6.81. The smallest absolute Gasteiger partial charge is 0.363 e. The van der Waals surface area contributed by atoms with Crippen LogP contribution in [0.1, 0.15) is 20.8 Å². The number of cyclic esters (lactones) is 1. The number of halogens is 2. The molecule has 1 aliphatic heterocycles. The van der Waals surface area contributed by atoms with Crippen LogP contribution in [0.2, 0.25) is 10.0 Å². The minimum Gasteiger partial charge on any atom is -0.478 e. The van der Waals surface area contributed by atoms with Crippen LogP contribution in [-0.2, 0) is 9.53 Å². The van der Waals surface area contributed by atoms with Gasteiger partial charge in [-0.2, -0.15) is 0 Å². The molecule has 0 aliphatic carbocycles. The van der Waals surface area contributed by atoms with Crippen molar-refractivity contribution in [2.45, 2.75) is 0 Å². The zero-order valence-corrected chi connectivity index (χ0v) is 15.7. The molecular weight excluding hydrogens is 409 g/mol. The van der Waals surface area contributed by atoms with Crippen LogP contribution in [0.3, 0.4) is 0 Å². The molecule has 4 rings (SSSR count). The van der Waals surface area contributed by atoms with Crippen LogP contribution in [0.5, 0.6) is 0 Å². The first-order valence-corrected chi connectivity index (χ1v) is 9.23. The second-order valence-electron chi connectivity index (χ2n) is 5.65. The van der Waals surface area contributed by atoms with E-state index in [-0.39, 0.29) is 17.2 Å². The number of carboxylic acids is 1. The van der Waals surface area contributed by atoms with E-state index in [4.69, 9.17) is 33.0 Å². The normalized spacial score (nSPS) is 15.3. The van der Waals surface area contributed by atoms with Crippen LogP contribution in [0, 0.1) is 0 Å². The van der Waals surface area contributed by atoms with Crippen LogP contribution < -0.4 is 0 Å². The van der Waals surface area contributed by atoms with E-state index < -0.39 is 11.9 Å². The quantitative estimate of drug-likeness (QED) is 0.466. The van der Waals surface area contributed by atoms with Crippen LogP contribution in [0.15, 0.2) is 53.2 Å². The Bertz CT molecular complexity index is 1160. The fourth-order valence-electron chi connectivity index (χ4n) is 2.56. The molecule has 8 heteroatoms. The molecule has 5 nitrogen and oxygen atoms in total. The minimum absolute atomic E-state index is 0.111. The molecule has 134 valence electrons. The molecule has 0 unspecified atom stereocenters. The molecule has 0 bridgehead atoms. The predicted octanol–water partition coefficient (Wildman–Crippen LogP) is 5.25. The summed E-state index contributed by atoms with van der Waals surface area (Å²) in [5.74, 6) is -1.48. The lowest BCUT2D eigenvalue weighted by atomic mass is 10.1. The predicted molar refractivity (Wildman–Crippen MR) is 106 cm³/mol. The number of esters is 1. The van der Waals surface area contributed by atoms with E-state index in [9.17, 15) is 9.59 Å². The summed E-state index contributed by atoms with van der Waals surface area (Å²) >= 11 is 13.8. The largest absolute Gasteiger partial charge is 0.478 e. The number of nitrogens with zero attached hydrogens (tertiary/aromatic N) is 1. The molecule has 3 aromatic rings. The number of benzene rings is 2. The Labute approximate surface area is 167 Å². The zero-order valence-electron chi connectivity index (χ0n) is 13.4. The van der Waals surface area contributed by atoms with Gasteiger partial charge in [0.25, 0.3) is 0 Å². The van der Waals surface area contributed by atoms with E-state index >= 15 is 0 Å². The molecule has 1 aromatic heterocycles. The van der Waals surface area contributed by atoms with Gasteiger partial charge >= 0.3 is 11.9 Å². The van der Waals surface area contributed by atoms with Crippen molar-refractivity contribution in [2.75, 3.05) is 0 Å². The molecule has 0 fully saturated rings. The number of carboxylic acid groups (broad SMARTS) is 1. The van der Waals surface area contributed by atoms with Crippen LogP contribution >= 0.6 is 34.5 Å². The lowest BCUT2D eigenvalue weighted by molar-refractivity contribution is -0.129. The van der Waals surface area contributed by atoms with Gasteiger partial charge in [0.15, 0.2) is 5.70 Å². The average Bonchev–Trinajstić information content (AvgIpc) is 3.15. The SMILES string of the molecule is O=C1OC(c2sc3cc(Cl)ccc3c2Cl)=N/C1=C\c1ccc(C(=O)O)cc1. The van der Waals surface area contributed by atoms with Gasteiger partial charge in [-0.1, -0.05) is 41.4 Å². The molecule has 0 radical (unpaired) electrons. The second-order valence-corrected chi connectivity index (χ2v) is 7.52. The number of rotatable bonds is 3. The summed E-state index contributed by atoms with van der Waals surface area (Å²) in [4.78, 5) is 27.9. The summed E-state index contributed by atoms with van der Waals surface area (Å²) in [6, 6.07) is 11.4. The third kappa shape index (κ3) is 3.35. The summed E-state index contributed by atoms with van der Waals surface area (Å²) < 4.78 is 6.14. The lowest BCUT2D eigenvalue weighted by Crippen LogP contribution is -2.04. The Hall–Kier alpha value is -2.67. The number of ether oxygens (including phenoxy) is 1. The maximum atomic E-state index is 12.2. The van der Waals surface area contributed by atoms with Crippen molar-refractivity contribution >= 4 is 68.5 Å². The van der Waals surface area contributed by atoms with Crippen molar-refractivity contribution in [3.8, 4) is 0 Å². The summed E-state index contributed by atoms with van der Waals surface area (Å²) in [5, 5.41) is 10.8. The van der Waals surface area contributed by atoms with Crippen LogP contribution in [-0.4, -0.2) is 22.9 Å². The summed E-state index contributed by atoms with van der Waals surface area (Å²) in [6.07, 6.45) is 1.53. The van der Waals surface area contributed by atoms with E-state index in [2.05, 4.69) is 4.99 Å². The van der Waals surface area contributed by atoms with Crippen molar-refractivity contribution in [2.24, 2.45) is 4.99 Å². The molecular formula is C19H9Cl2NO4S. The molecule has 27 heavy (non-hydrogen) atoms. The summed E-state index contributed by atoms with van der Waals surface area (Å²) in [7, 11) is 0. The summed E-state index contributed by atoms with van der Waals surface area (Å²) in [5.41, 5.74) is 0.900. The fraction of sp³-hybridized carbons (Fsp3) is 0. The van der Waals surface area contributed by atoms with Gasteiger partial charge in [0.1, 0.15) is 4.88 Å². The molecule has 2 heterocycles. The number of aromatic carboxylic acids is 1. The number of fused-ring (bicyclic) bond motifs is 1. The zero-order chi connectivity index (χ0) is 19.1. The van der Waals surface area contributed by atoms with E-state index in [0.29, 0.717) is 20.5 Å². The summed E-state index contributed by atoms with van der Waals surface area (Å²) in [6.45, 7) is 0. The number of thiophene rings is 1. The van der Waals surface area contributed by atoms with Crippen molar-refractivity contribution < 1.29 is 19.4 Å². The van der Waals surface area contributed by atoms with E-state index in [1.807, 2.05) is 0 Å². The van der Waals surface area contributed by atoms with Gasteiger partial charge in [0, 0.05) is 15.1 Å². The topological polar surface area (TPSA) is 76.0 Å². The van der Waals surface area contributed by atoms with Gasteiger partial charge in [-0.05, 0) is 35.9 Å². The molecule has 0 saturated heterocycles. The first kappa shape index (κ1) is 17.7. The first-order valence-electron chi connectivity index (χ1n) is 7.66. The number of carbonyl (C=O) groups excluding carboxylic acids is 1. The highest BCUT2D eigenvalue weighted by Gasteiger charge is 2.28. The van der Waals surface area contributed by atoms with Crippen LogP contribution in [0.25, 0.3) is 16.2 Å². The highest BCUT2D eigenvalue weighted by atomic mass is 35.5. The Balaban J connectivity index is 1.71. The molecule has 0 saturated carbocycles. The van der Waals surface area contributed by atoms with E-state index in [1.165, 1.54) is 29.5 Å². The van der Waals surface area contributed by atoms with Gasteiger partial charge in [0.2, 0.25) is 5.90 Å². The third-order valence-electron chi connectivity index (χ3n) is 3.87. The van der Waals surface area contributed by atoms with Gasteiger partial charge in [-0.15, -0.1) is 11.3 Å². The molecule has 2 aromatic carbocycles. The van der Waals surface area contributed by atoms with Crippen molar-refractivity contribution in [3.05, 3.63) is 74.2 Å². The van der Waals surface area contributed by atoms with Crippen molar-refractivity contribution in [1.29, 1.82) is 0 Å². The van der Waals surface area contributed by atoms with Gasteiger partial charge < -0.3 is 9.84 Å². The molecule has 0 amide bonds. The minimum atomic E-state index is -1.02. The van der Waals surface area contributed by atoms with Crippen molar-refractivity contribution in [1.82, 2.24) is 0 Å². The molecule has 0 atom stereocenters. The number of aliphatic imine (C=N–C) groups is 1. The molecule has 1 N–H and O–H groups in total. The highest BCUT2D eigenvalue weighted by Crippen LogP contribution is 2.38. The maximum absolute atomic E-state index is 12.2.